The molecule has 2 heterocycles. The summed E-state index contributed by atoms with van der Waals surface area (Å²) in [4.78, 5) is 2.10. The fraction of sp³-hybridized carbons (Fsp3) is 0.214. The maximum absolute atomic E-state index is 4.61. The highest BCUT2D eigenvalue weighted by Crippen LogP contribution is 2.32. The third kappa shape index (κ3) is 1.69. The molecule has 3 rings (SSSR count). The maximum Gasteiger partial charge on any atom is 0.110 e. The van der Waals surface area contributed by atoms with Crippen molar-refractivity contribution in [3.63, 3.8) is 0 Å². The van der Waals surface area contributed by atoms with Crippen LogP contribution in [0.3, 0.4) is 0 Å². The van der Waals surface area contributed by atoms with Crippen molar-refractivity contribution in [3.8, 4) is 11.3 Å². The molecule has 0 spiro atoms. The number of aryl methyl sites for hydroxylation is 1. The summed E-state index contributed by atoms with van der Waals surface area (Å²) >= 11 is 1.75. The zero-order valence-electron chi connectivity index (χ0n) is 10.7. The molecule has 0 atom stereocenters. The van der Waals surface area contributed by atoms with Gasteiger partial charge in [0.1, 0.15) is 5.69 Å². The summed E-state index contributed by atoms with van der Waals surface area (Å²) in [6.07, 6.45) is 0. The second-order valence-electron chi connectivity index (χ2n) is 4.55. The Kier molecular flexibility index (Phi) is 2.59. The number of aromatic nitrogens is 2. The molecule has 3 aromatic rings. The van der Waals surface area contributed by atoms with E-state index < -0.39 is 0 Å². The second-order valence-corrected chi connectivity index (χ2v) is 5.46. The molecule has 0 unspecified atom stereocenters. The van der Waals surface area contributed by atoms with Crippen LogP contribution in [0.1, 0.15) is 0 Å². The van der Waals surface area contributed by atoms with E-state index in [2.05, 4.69) is 45.7 Å². The molecule has 0 saturated heterocycles. The van der Waals surface area contributed by atoms with Gasteiger partial charge in [-0.25, -0.2) is 0 Å². The molecule has 1 aromatic carbocycles. The normalized spacial score (nSPS) is 11.1. The van der Waals surface area contributed by atoms with Crippen molar-refractivity contribution in [3.05, 3.63) is 35.7 Å². The van der Waals surface area contributed by atoms with E-state index in [0.29, 0.717) is 0 Å². The van der Waals surface area contributed by atoms with Crippen LogP contribution >= 0.6 is 11.3 Å². The van der Waals surface area contributed by atoms with Gasteiger partial charge < -0.3 is 4.90 Å². The molecule has 0 fully saturated rings. The van der Waals surface area contributed by atoms with Gasteiger partial charge in [0, 0.05) is 32.4 Å². The first-order chi connectivity index (χ1) is 8.66. The summed E-state index contributed by atoms with van der Waals surface area (Å²) in [7, 11) is 6.09. The third-order valence-electron chi connectivity index (χ3n) is 3.12. The molecule has 0 amide bonds. The van der Waals surface area contributed by atoms with Crippen molar-refractivity contribution in [2.24, 2.45) is 7.05 Å². The second kappa shape index (κ2) is 4.14. The van der Waals surface area contributed by atoms with Gasteiger partial charge in [0.05, 0.1) is 10.2 Å². The zero-order valence-corrected chi connectivity index (χ0v) is 11.5. The highest BCUT2D eigenvalue weighted by Gasteiger charge is 2.11. The predicted molar refractivity (Wildman–Crippen MR) is 78.4 cm³/mol. The highest BCUT2D eigenvalue weighted by atomic mass is 32.1. The first-order valence-corrected chi connectivity index (χ1v) is 6.73. The van der Waals surface area contributed by atoms with E-state index in [1.165, 1.54) is 21.5 Å². The van der Waals surface area contributed by atoms with Crippen LogP contribution in [-0.4, -0.2) is 23.9 Å². The first-order valence-electron chi connectivity index (χ1n) is 5.85. The Hall–Kier alpha value is -1.81. The van der Waals surface area contributed by atoms with E-state index in [1.54, 1.807) is 11.3 Å². The van der Waals surface area contributed by atoms with Crippen LogP contribution in [0, 0.1) is 0 Å². The van der Waals surface area contributed by atoms with Crippen molar-refractivity contribution in [2.45, 2.75) is 0 Å². The molecule has 92 valence electrons. The van der Waals surface area contributed by atoms with Crippen molar-refractivity contribution in [1.82, 2.24) is 9.78 Å². The maximum atomic E-state index is 4.61. The molecule has 0 N–H and O–H groups in total. The summed E-state index contributed by atoms with van der Waals surface area (Å²) in [6.45, 7) is 0. The Balaban J connectivity index is 2.11. The van der Waals surface area contributed by atoms with Gasteiger partial charge in [-0.2, -0.15) is 5.10 Å². The fourth-order valence-corrected chi connectivity index (χ4v) is 3.01. The molecule has 0 aliphatic carbocycles. The molecule has 0 aliphatic rings. The predicted octanol–water partition coefficient (Wildman–Crippen LogP) is 3.37. The van der Waals surface area contributed by atoms with E-state index in [4.69, 9.17) is 0 Å². The minimum absolute atomic E-state index is 1.08. The number of nitrogens with zero attached hydrogens (tertiary/aromatic N) is 3. The first kappa shape index (κ1) is 11.3. The molecule has 0 radical (unpaired) electrons. The van der Waals surface area contributed by atoms with Crippen molar-refractivity contribution >= 4 is 27.2 Å². The Labute approximate surface area is 110 Å². The van der Waals surface area contributed by atoms with Gasteiger partial charge >= 0.3 is 0 Å². The van der Waals surface area contributed by atoms with Crippen LogP contribution in [-0.2, 0) is 7.05 Å². The Morgan fingerprint density at radius 1 is 1.11 bits per heavy atom. The number of rotatable bonds is 2. The molecule has 3 nitrogen and oxygen atoms in total. The average Bonchev–Trinajstić information content (AvgIpc) is 2.94. The third-order valence-corrected chi connectivity index (χ3v) is 4.03. The summed E-state index contributed by atoms with van der Waals surface area (Å²) in [5.41, 5.74) is 4.66. The average molecular weight is 257 g/mol. The summed E-state index contributed by atoms with van der Waals surface area (Å²) in [6, 6.07) is 10.6. The fourth-order valence-electron chi connectivity index (χ4n) is 2.09. The lowest BCUT2D eigenvalue weighted by Gasteiger charge is -2.12. The van der Waals surface area contributed by atoms with Gasteiger partial charge in [-0.05, 0) is 23.6 Å². The molecule has 4 heteroatoms. The Morgan fingerprint density at radius 3 is 2.50 bits per heavy atom. The zero-order chi connectivity index (χ0) is 12.7. The van der Waals surface area contributed by atoms with Gasteiger partial charge in [-0.3, -0.25) is 4.68 Å². The van der Waals surface area contributed by atoms with Crippen molar-refractivity contribution in [2.75, 3.05) is 19.0 Å². The standard InChI is InChI=1S/C14H15N3S/c1-16(2)11-6-4-10(5-7-11)13-14-12(8-9-18-14)17(3)15-13/h4-9H,1-3H3. The van der Waals surface area contributed by atoms with Crippen LogP contribution in [0.5, 0.6) is 0 Å². The van der Waals surface area contributed by atoms with Crippen LogP contribution < -0.4 is 4.90 Å². The van der Waals surface area contributed by atoms with Crippen LogP contribution in [0.2, 0.25) is 0 Å². The number of hydrogen-bond acceptors (Lipinski definition) is 3. The Morgan fingerprint density at radius 2 is 1.83 bits per heavy atom. The number of thiophene rings is 1. The highest BCUT2D eigenvalue weighted by molar-refractivity contribution is 7.17. The number of benzene rings is 1. The lowest BCUT2D eigenvalue weighted by atomic mass is 10.1. The van der Waals surface area contributed by atoms with E-state index in [9.17, 15) is 0 Å². The van der Waals surface area contributed by atoms with Gasteiger partial charge in [-0.15, -0.1) is 11.3 Å². The molecular formula is C14H15N3S. The van der Waals surface area contributed by atoms with Gasteiger partial charge in [0.2, 0.25) is 0 Å². The lowest BCUT2D eigenvalue weighted by molar-refractivity contribution is 0.801. The number of anilines is 1. The van der Waals surface area contributed by atoms with Gasteiger partial charge in [0.15, 0.2) is 0 Å². The van der Waals surface area contributed by atoms with Gasteiger partial charge in [0.25, 0.3) is 0 Å². The summed E-state index contributed by atoms with van der Waals surface area (Å²) in [5, 5.41) is 6.72. The minimum atomic E-state index is 1.08. The van der Waals surface area contributed by atoms with Crippen LogP contribution in [0.4, 0.5) is 5.69 Å². The van der Waals surface area contributed by atoms with Crippen molar-refractivity contribution < 1.29 is 0 Å². The van der Waals surface area contributed by atoms with E-state index in [1.807, 2.05) is 25.8 Å². The lowest BCUT2D eigenvalue weighted by Crippen LogP contribution is -2.07. The van der Waals surface area contributed by atoms with Crippen molar-refractivity contribution in [1.29, 1.82) is 0 Å². The smallest absolute Gasteiger partial charge is 0.110 e. The topological polar surface area (TPSA) is 21.1 Å². The van der Waals surface area contributed by atoms with Crippen LogP contribution in [0.15, 0.2) is 35.7 Å². The summed E-state index contributed by atoms with van der Waals surface area (Å²) < 4.78 is 3.20. The van der Waals surface area contributed by atoms with E-state index in [0.717, 1.165) is 5.69 Å². The summed E-state index contributed by atoms with van der Waals surface area (Å²) in [5.74, 6) is 0. The SMILES string of the molecule is CN(C)c1ccc(-c2nn(C)c3ccsc23)cc1. The molecular weight excluding hydrogens is 242 g/mol. The number of fused-ring (bicyclic) bond motifs is 1. The minimum Gasteiger partial charge on any atom is -0.378 e. The molecule has 2 aromatic heterocycles. The van der Waals surface area contributed by atoms with E-state index in [-0.39, 0.29) is 0 Å². The quantitative estimate of drug-likeness (QED) is 0.702. The molecule has 0 saturated carbocycles. The molecule has 0 aliphatic heterocycles. The molecule has 18 heavy (non-hydrogen) atoms. The van der Waals surface area contributed by atoms with Crippen LogP contribution in [0.25, 0.3) is 21.5 Å². The van der Waals surface area contributed by atoms with E-state index >= 15 is 0 Å². The largest absolute Gasteiger partial charge is 0.378 e. The molecule has 0 bridgehead atoms. The Bertz CT molecular complexity index is 677. The van der Waals surface area contributed by atoms with Gasteiger partial charge in [-0.1, -0.05) is 12.1 Å². The monoisotopic (exact) mass is 257 g/mol. The number of hydrogen-bond donors (Lipinski definition) is 0.